The number of hydrogen-bond donors (Lipinski definition) is 1. The molecule has 0 amide bonds. The van der Waals surface area contributed by atoms with Gasteiger partial charge < -0.3 is 0 Å². The summed E-state index contributed by atoms with van der Waals surface area (Å²) < 4.78 is 0. The van der Waals surface area contributed by atoms with E-state index in [0.717, 1.165) is 18.6 Å². The Morgan fingerprint density at radius 2 is 2.19 bits per heavy atom. The van der Waals surface area contributed by atoms with Gasteiger partial charge in [0.25, 0.3) is 5.69 Å². The van der Waals surface area contributed by atoms with Crippen molar-refractivity contribution < 1.29 is 4.92 Å². The second kappa shape index (κ2) is 5.85. The highest BCUT2D eigenvalue weighted by atomic mass is 16.6. The molecule has 5 heteroatoms. The zero-order valence-electron chi connectivity index (χ0n) is 9.43. The standard InChI is InChI=1S/C11H15N3O2/c1-3-6-9(2)12-13-10-7-4-5-8-11(10)14(15)16/h4-5,7-8,13H,3,6H2,1-2H3/b12-9+. The topological polar surface area (TPSA) is 67.5 Å². The summed E-state index contributed by atoms with van der Waals surface area (Å²) in [5.41, 5.74) is 4.11. The van der Waals surface area contributed by atoms with Crippen LogP contribution in [0.5, 0.6) is 0 Å². The SMILES string of the molecule is CCC/C(C)=N/Nc1ccccc1[N+](=O)[O-]. The summed E-state index contributed by atoms with van der Waals surface area (Å²) in [7, 11) is 0. The van der Waals surface area contributed by atoms with Crippen LogP contribution in [0.15, 0.2) is 29.4 Å². The molecule has 0 fully saturated rings. The van der Waals surface area contributed by atoms with Crippen molar-refractivity contribution >= 4 is 17.1 Å². The predicted molar refractivity (Wildman–Crippen MR) is 64.7 cm³/mol. The van der Waals surface area contributed by atoms with Gasteiger partial charge in [-0.1, -0.05) is 25.5 Å². The van der Waals surface area contributed by atoms with Crippen LogP contribution in [-0.2, 0) is 0 Å². The van der Waals surface area contributed by atoms with Gasteiger partial charge in [-0.3, -0.25) is 15.5 Å². The van der Waals surface area contributed by atoms with Crippen LogP contribution in [-0.4, -0.2) is 10.6 Å². The fourth-order valence-corrected chi connectivity index (χ4v) is 1.30. The zero-order valence-corrected chi connectivity index (χ0v) is 9.43. The molecule has 86 valence electrons. The lowest BCUT2D eigenvalue weighted by Gasteiger charge is -2.03. The van der Waals surface area contributed by atoms with Crippen molar-refractivity contribution in [1.29, 1.82) is 0 Å². The predicted octanol–water partition coefficient (Wildman–Crippen LogP) is 3.18. The van der Waals surface area contributed by atoms with Gasteiger partial charge in [-0.25, -0.2) is 0 Å². The average Bonchev–Trinajstić information content (AvgIpc) is 2.27. The summed E-state index contributed by atoms with van der Waals surface area (Å²) >= 11 is 0. The summed E-state index contributed by atoms with van der Waals surface area (Å²) in [6, 6.07) is 6.46. The maximum absolute atomic E-state index is 10.7. The minimum Gasteiger partial charge on any atom is -0.272 e. The van der Waals surface area contributed by atoms with E-state index < -0.39 is 4.92 Å². The van der Waals surface area contributed by atoms with Crippen LogP contribution in [0.3, 0.4) is 0 Å². The van der Waals surface area contributed by atoms with Gasteiger partial charge in [-0.2, -0.15) is 5.10 Å². The zero-order chi connectivity index (χ0) is 12.0. The highest BCUT2D eigenvalue weighted by Crippen LogP contribution is 2.22. The number of anilines is 1. The molecule has 0 saturated carbocycles. The van der Waals surface area contributed by atoms with Gasteiger partial charge in [0.05, 0.1) is 4.92 Å². The lowest BCUT2D eigenvalue weighted by molar-refractivity contribution is -0.384. The number of nitro groups is 1. The normalized spacial score (nSPS) is 11.2. The van der Waals surface area contributed by atoms with Crippen LogP contribution in [0.1, 0.15) is 26.7 Å². The Balaban J connectivity index is 2.81. The molecule has 0 heterocycles. The second-order valence-electron chi connectivity index (χ2n) is 3.48. The van der Waals surface area contributed by atoms with Gasteiger partial charge in [0.2, 0.25) is 0 Å². The third-order valence-electron chi connectivity index (χ3n) is 2.08. The first-order chi connectivity index (χ1) is 7.65. The largest absolute Gasteiger partial charge is 0.294 e. The highest BCUT2D eigenvalue weighted by molar-refractivity contribution is 5.82. The Labute approximate surface area is 94.3 Å². The molecule has 0 aliphatic rings. The first kappa shape index (κ1) is 12.2. The molecule has 16 heavy (non-hydrogen) atoms. The molecule has 0 saturated heterocycles. The van der Waals surface area contributed by atoms with Crippen molar-refractivity contribution in [3.8, 4) is 0 Å². The van der Waals surface area contributed by atoms with E-state index >= 15 is 0 Å². The number of nitro benzene ring substituents is 1. The van der Waals surface area contributed by atoms with Crippen LogP contribution in [0, 0.1) is 10.1 Å². The van der Waals surface area contributed by atoms with E-state index in [1.54, 1.807) is 18.2 Å². The van der Waals surface area contributed by atoms with Crippen molar-refractivity contribution in [3.05, 3.63) is 34.4 Å². The third-order valence-corrected chi connectivity index (χ3v) is 2.08. The molecule has 0 atom stereocenters. The smallest absolute Gasteiger partial charge is 0.272 e. The summed E-state index contributed by atoms with van der Waals surface area (Å²) in [6.45, 7) is 3.95. The molecule has 1 N–H and O–H groups in total. The van der Waals surface area contributed by atoms with Gasteiger partial charge in [0.15, 0.2) is 0 Å². The van der Waals surface area contributed by atoms with Crippen LogP contribution in [0.25, 0.3) is 0 Å². The van der Waals surface area contributed by atoms with E-state index in [0.29, 0.717) is 5.69 Å². The van der Waals surface area contributed by atoms with Crippen molar-refractivity contribution in [3.63, 3.8) is 0 Å². The summed E-state index contributed by atoms with van der Waals surface area (Å²) in [6.07, 6.45) is 1.89. The highest BCUT2D eigenvalue weighted by Gasteiger charge is 2.10. The van der Waals surface area contributed by atoms with Crippen molar-refractivity contribution in [2.24, 2.45) is 5.10 Å². The van der Waals surface area contributed by atoms with E-state index in [1.807, 2.05) is 6.92 Å². The molecule has 0 unspecified atom stereocenters. The molecule has 1 rings (SSSR count). The van der Waals surface area contributed by atoms with Crippen molar-refractivity contribution in [2.75, 3.05) is 5.43 Å². The van der Waals surface area contributed by atoms with Crippen LogP contribution in [0.4, 0.5) is 11.4 Å². The Hall–Kier alpha value is -1.91. The molecule has 1 aromatic rings. The first-order valence-electron chi connectivity index (χ1n) is 5.17. The summed E-state index contributed by atoms with van der Waals surface area (Å²) in [4.78, 5) is 10.3. The lowest BCUT2D eigenvalue weighted by atomic mass is 10.2. The number of para-hydroxylation sites is 2. The molecular weight excluding hydrogens is 206 g/mol. The maximum Gasteiger partial charge on any atom is 0.294 e. The number of hydrazone groups is 1. The molecule has 5 nitrogen and oxygen atoms in total. The Bertz CT molecular complexity index is 402. The Morgan fingerprint density at radius 1 is 1.50 bits per heavy atom. The number of benzene rings is 1. The molecule has 0 aromatic heterocycles. The minimum atomic E-state index is -0.424. The third kappa shape index (κ3) is 3.34. The quantitative estimate of drug-likeness (QED) is 0.471. The fraction of sp³-hybridized carbons (Fsp3) is 0.364. The maximum atomic E-state index is 10.7. The first-order valence-corrected chi connectivity index (χ1v) is 5.17. The molecule has 0 aliphatic carbocycles. The number of hydrogen-bond acceptors (Lipinski definition) is 4. The molecule has 0 spiro atoms. The number of rotatable bonds is 5. The van der Waals surface area contributed by atoms with Crippen LogP contribution < -0.4 is 5.43 Å². The van der Waals surface area contributed by atoms with E-state index in [1.165, 1.54) is 6.07 Å². The summed E-state index contributed by atoms with van der Waals surface area (Å²) in [5.74, 6) is 0. The average molecular weight is 221 g/mol. The summed E-state index contributed by atoms with van der Waals surface area (Å²) in [5, 5.41) is 14.8. The van der Waals surface area contributed by atoms with E-state index in [9.17, 15) is 10.1 Å². The van der Waals surface area contributed by atoms with E-state index in [-0.39, 0.29) is 5.69 Å². The van der Waals surface area contributed by atoms with Gasteiger partial charge in [-0.15, -0.1) is 0 Å². The monoisotopic (exact) mass is 221 g/mol. The van der Waals surface area contributed by atoms with Gasteiger partial charge in [0.1, 0.15) is 5.69 Å². The van der Waals surface area contributed by atoms with Crippen molar-refractivity contribution in [1.82, 2.24) is 0 Å². The van der Waals surface area contributed by atoms with Gasteiger partial charge in [0, 0.05) is 11.8 Å². The molecule has 0 aliphatic heterocycles. The fourth-order valence-electron chi connectivity index (χ4n) is 1.30. The number of nitrogens with one attached hydrogen (secondary N) is 1. The second-order valence-corrected chi connectivity index (χ2v) is 3.48. The molecular formula is C11H15N3O2. The minimum absolute atomic E-state index is 0.0375. The van der Waals surface area contributed by atoms with E-state index in [2.05, 4.69) is 17.5 Å². The van der Waals surface area contributed by atoms with Gasteiger partial charge >= 0.3 is 0 Å². The van der Waals surface area contributed by atoms with Crippen LogP contribution in [0.2, 0.25) is 0 Å². The Kier molecular flexibility index (Phi) is 4.44. The molecule has 0 bridgehead atoms. The molecule has 0 radical (unpaired) electrons. The number of nitrogens with zero attached hydrogens (tertiary/aromatic N) is 2. The lowest BCUT2D eigenvalue weighted by Crippen LogP contribution is -1.99. The van der Waals surface area contributed by atoms with Crippen LogP contribution >= 0.6 is 0 Å². The Morgan fingerprint density at radius 3 is 2.81 bits per heavy atom. The van der Waals surface area contributed by atoms with E-state index in [4.69, 9.17) is 0 Å². The van der Waals surface area contributed by atoms with Gasteiger partial charge in [-0.05, 0) is 19.4 Å². The van der Waals surface area contributed by atoms with Crippen molar-refractivity contribution in [2.45, 2.75) is 26.7 Å². The molecule has 1 aromatic carbocycles.